The van der Waals surface area contributed by atoms with Gasteiger partial charge in [-0.25, -0.2) is 0 Å². The number of carbonyl (C=O) groups is 1. The van der Waals surface area contributed by atoms with Gasteiger partial charge in [0.2, 0.25) is 5.91 Å². The minimum atomic E-state index is -2.95. The van der Waals surface area contributed by atoms with Crippen LogP contribution in [0.4, 0.5) is 14.5 Å². The van der Waals surface area contributed by atoms with E-state index < -0.39 is 11.9 Å². The molecule has 3 rings (SSSR count). The van der Waals surface area contributed by atoms with E-state index in [-0.39, 0.29) is 17.3 Å². The minimum absolute atomic E-state index is 0.0694. The van der Waals surface area contributed by atoms with Gasteiger partial charge in [0.25, 0.3) is 0 Å². The lowest BCUT2D eigenvalue weighted by atomic mass is 10.3. The number of alkyl halides is 2. The number of hydrogen-bond acceptors (Lipinski definition) is 5. The Morgan fingerprint density at radius 1 is 1.36 bits per heavy atom. The fourth-order valence-corrected chi connectivity index (χ4v) is 3.36. The summed E-state index contributed by atoms with van der Waals surface area (Å²) in [6.07, 6.45) is 2.18. The van der Waals surface area contributed by atoms with Gasteiger partial charge in [-0.1, -0.05) is 23.9 Å². The predicted molar refractivity (Wildman–Crippen MR) is 90.1 cm³/mol. The van der Waals surface area contributed by atoms with Crippen molar-refractivity contribution < 1.29 is 18.3 Å². The fraction of sp³-hybridized carbons (Fsp3) is 0.438. The van der Waals surface area contributed by atoms with E-state index in [9.17, 15) is 13.6 Å². The summed E-state index contributed by atoms with van der Waals surface area (Å²) in [6, 6.07) is 6.51. The zero-order chi connectivity index (χ0) is 18.0. The monoisotopic (exact) mass is 368 g/mol. The second-order valence-electron chi connectivity index (χ2n) is 5.75. The number of hydrogen-bond donors (Lipinski definition) is 1. The number of aromatic nitrogens is 3. The van der Waals surface area contributed by atoms with Crippen LogP contribution in [0.25, 0.3) is 0 Å². The molecule has 1 N–H and O–H groups in total. The zero-order valence-electron chi connectivity index (χ0n) is 13.8. The van der Waals surface area contributed by atoms with Crippen molar-refractivity contribution >= 4 is 23.4 Å². The number of benzene rings is 1. The van der Waals surface area contributed by atoms with Crippen molar-refractivity contribution in [2.45, 2.75) is 49.7 Å². The van der Waals surface area contributed by atoms with Gasteiger partial charge in [-0.3, -0.25) is 4.79 Å². The Balaban J connectivity index is 1.68. The molecule has 2 aromatic rings. The molecule has 1 fully saturated rings. The molecule has 1 heterocycles. The van der Waals surface area contributed by atoms with E-state index in [0.29, 0.717) is 11.2 Å². The topological polar surface area (TPSA) is 69.0 Å². The van der Waals surface area contributed by atoms with Crippen molar-refractivity contribution in [2.75, 3.05) is 5.32 Å². The Kier molecular flexibility index (Phi) is 5.22. The summed E-state index contributed by atoms with van der Waals surface area (Å²) in [5.74, 6) is 0.437. The highest BCUT2D eigenvalue weighted by atomic mass is 32.2. The van der Waals surface area contributed by atoms with Crippen molar-refractivity contribution in [1.29, 1.82) is 0 Å². The van der Waals surface area contributed by atoms with E-state index in [1.165, 1.54) is 23.9 Å². The molecule has 1 aliphatic carbocycles. The van der Waals surface area contributed by atoms with Crippen LogP contribution in [-0.2, 0) is 4.79 Å². The molecule has 0 saturated heterocycles. The van der Waals surface area contributed by atoms with E-state index in [2.05, 4.69) is 20.3 Å². The van der Waals surface area contributed by atoms with Crippen LogP contribution in [0, 0.1) is 6.92 Å². The van der Waals surface area contributed by atoms with E-state index >= 15 is 0 Å². The Morgan fingerprint density at radius 3 is 2.76 bits per heavy atom. The van der Waals surface area contributed by atoms with Gasteiger partial charge in [0.05, 0.1) is 10.9 Å². The second-order valence-corrected chi connectivity index (χ2v) is 7.06. The Labute approximate surface area is 148 Å². The first-order valence-corrected chi connectivity index (χ1v) is 8.76. The number of halogens is 2. The van der Waals surface area contributed by atoms with Gasteiger partial charge in [-0.15, -0.1) is 10.2 Å². The highest BCUT2D eigenvalue weighted by Gasteiger charge is 2.30. The van der Waals surface area contributed by atoms with Crippen molar-refractivity contribution in [3.8, 4) is 5.75 Å². The average molecular weight is 368 g/mol. The van der Waals surface area contributed by atoms with Crippen LogP contribution in [0.5, 0.6) is 5.75 Å². The standard InChI is InChI=1S/C16H18F2N4O2S/c1-9(25-16-21-20-10(2)22(16)11-7-8-11)14(23)19-12-5-3-4-6-13(12)24-15(17)18/h3-6,9,11,15H,7-8H2,1-2H3,(H,19,23)/t9-/m0/s1. The molecule has 1 saturated carbocycles. The van der Waals surface area contributed by atoms with Crippen LogP contribution in [0.2, 0.25) is 0 Å². The highest BCUT2D eigenvalue weighted by molar-refractivity contribution is 8.00. The van der Waals surface area contributed by atoms with Crippen LogP contribution >= 0.6 is 11.8 Å². The molecule has 9 heteroatoms. The number of amides is 1. The van der Waals surface area contributed by atoms with Crippen LogP contribution in [0.1, 0.15) is 31.6 Å². The molecule has 0 unspecified atom stereocenters. The van der Waals surface area contributed by atoms with Crippen LogP contribution in [0.15, 0.2) is 29.4 Å². The first kappa shape index (κ1) is 17.7. The number of rotatable bonds is 7. The molecule has 1 aromatic heterocycles. The smallest absolute Gasteiger partial charge is 0.387 e. The van der Waals surface area contributed by atoms with E-state index in [4.69, 9.17) is 0 Å². The van der Waals surface area contributed by atoms with Gasteiger partial charge in [-0.05, 0) is 38.8 Å². The maximum Gasteiger partial charge on any atom is 0.387 e. The normalized spacial score (nSPS) is 15.2. The average Bonchev–Trinajstić information content (AvgIpc) is 3.33. The number of para-hydroxylation sites is 2. The summed E-state index contributed by atoms with van der Waals surface area (Å²) < 4.78 is 31.4. The van der Waals surface area contributed by atoms with Gasteiger partial charge in [0.15, 0.2) is 5.16 Å². The zero-order valence-corrected chi connectivity index (χ0v) is 14.6. The number of ether oxygens (including phenoxy) is 1. The Morgan fingerprint density at radius 2 is 2.08 bits per heavy atom. The van der Waals surface area contributed by atoms with Gasteiger partial charge in [0.1, 0.15) is 11.6 Å². The summed E-state index contributed by atoms with van der Waals surface area (Å²) in [5, 5.41) is 11.1. The number of aryl methyl sites for hydroxylation is 1. The molecular formula is C16H18F2N4O2S. The summed E-state index contributed by atoms with van der Waals surface area (Å²) >= 11 is 1.29. The van der Waals surface area contributed by atoms with E-state index in [1.807, 2.05) is 11.5 Å². The lowest BCUT2D eigenvalue weighted by molar-refractivity contribution is -0.115. The van der Waals surface area contributed by atoms with Crippen molar-refractivity contribution in [2.24, 2.45) is 0 Å². The third-order valence-corrected chi connectivity index (χ3v) is 4.82. The first-order chi connectivity index (χ1) is 12.0. The summed E-state index contributed by atoms with van der Waals surface area (Å²) in [5.41, 5.74) is 0.208. The third-order valence-electron chi connectivity index (χ3n) is 3.76. The van der Waals surface area contributed by atoms with Gasteiger partial charge >= 0.3 is 6.61 Å². The lowest BCUT2D eigenvalue weighted by Crippen LogP contribution is -2.23. The molecule has 1 aliphatic rings. The largest absolute Gasteiger partial charge is 0.433 e. The van der Waals surface area contributed by atoms with Gasteiger partial charge in [-0.2, -0.15) is 8.78 Å². The SMILES string of the molecule is Cc1nnc(S[C@@H](C)C(=O)Nc2ccccc2OC(F)F)n1C1CC1. The maximum atomic E-state index is 12.5. The van der Waals surface area contributed by atoms with Gasteiger partial charge in [0, 0.05) is 6.04 Å². The van der Waals surface area contributed by atoms with Crippen LogP contribution < -0.4 is 10.1 Å². The predicted octanol–water partition coefficient (Wildman–Crippen LogP) is 3.64. The van der Waals surface area contributed by atoms with Crippen molar-refractivity contribution in [3.63, 3.8) is 0 Å². The lowest BCUT2D eigenvalue weighted by Gasteiger charge is -2.15. The second kappa shape index (κ2) is 7.38. The van der Waals surface area contributed by atoms with Gasteiger partial charge < -0.3 is 14.6 Å². The van der Waals surface area contributed by atoms with Crippen molar-refractivity contribution in [3.05, 3.63) is 30.1 Å². The molecule has 1 amide bonds. The number of thioether (sulfide) groups is 1. The molecule has 0 bridgehead atoms. The summed E-state index contributed by atoms with van der Waals surface area (Å²) in [6.45, 7) is 0.667. The molecule has 0 spiro atoms. The first-order valence-electron chi connectivity index (χ1n) is 7.88. The van der Waals surface area contributed by atoms with E-state index in [1.54, 1.807) is 19.1 Å². The number of anilines is 1. The number of nitrogens with zero attached hydrogens (tertiary/aromatic N) is 3. The molecule has 25 heavy (non-hydrogen) atoms. The Hall–Kier alpha value is -2.16. The molecule has 1 atom stereocenters. The quantitative estimate of drug-likeness (QED) is 0.756. The summed E-state index contributed by atoms with van der Waals surface area (Å²) in [4.78, 5) is 12.4. The fourth-order valence-electron chi connectivity index (χ4n) is 2.40. The van der Waals surface area contributed by atoms with Crippen molar-refractivity contribution in [1.82, 2.24) is 14.8 Å². The Bertz CT molecular complexity index is 764. The minimum Gasteiger partial charge on any atom is -0.433 e. The highest BCUT2D eigenvalue weighted by Crippen LogP contribution is 2.39. The van der Waals surface area contributed by atoms with E-state index in [0.717, 1.165) is 18.7 Å². The van der Waals surface area contributed by atoms with Crippen LogP contribution in [-0.4, -0.2) is 32.5 Å². The molecule has 1 aromatic carbocycles. The molecule has 0 aliphatic heterocycles. The maximum absolute atomic E-state index is 12.5. The third kappa shape index (κ3) is 4.28. The summed E-state index contributed by atoms with van der Waals surface area (Å²) in [7, 11) is 0. The number of carbonyl (C=O) groups excluding carboxylic acids is 1. The molecule has 0 radical (unpaired) electrons. The van der Waals surface area contributed by atoms with Crippen LogP contribution in [0.3, 0.4) is 0 Å². The molecular weight excluding hydrogens is 350 g/mol. The molecule has 134 valence electrons. The molecule has 6 nitrogen and oxygen atoms in total. The number of nitrogens with one attached hydrogen (secondary N) is 1.